The van der Waals surface area contributed by atoms with Gasteiger partial charge >= 0.3 is 12.2 Å². The number of thiazole rings is 1. The number of piperazine rings is 1. The molecule has 0 unspecified atom stereocenters. The van der Waals surface area contributed by atoms with Gasteiger partial charge in [0.15, 0.2) is 10.3 Å². The van der Waals surface area contributed by atoms with E-state index in [1.54, 1.807) is 24.1 Å². The average molecular weight is 566 g/mol. The molecule has 0 saturated carbocycles. The minimum atomic E-state index is -4.60. The normalized spacial score (nSPS) is 14.4. The van der Waals surface area contributed by atoms with Crippen molar-refractivity contribution in [1.29, 1.82) is 0 Å². The summed E-state index contributed by atoms with van der Waals surface area (Å²) < 4.78 is 41.6. The van der Waals surface area contributed by atoms with Crippen LogP contribution in [0.1, 0.15) is 23.7 Å². The van der Waals surface area contributed by atoms with Crippen LogP contribution >= 0.6 is 23.1 Å². The highest BCUT2D eigenvalue weighted by Gasteiger charge is 2.34. The molecule has 9 nitrogen and oxygen atoms in total. The highest BCUT2D eigenvalue weighted by Crippen LogP contribution is 2.35. The molecule has 0 bridgehead atoms. The standard InChI is InChI=1S/C24H26F3N7O2S2/c1-14-20(19-6-7-28-22(31-19)37-3)38-23(29-14)32-21(36)30-17-5-4-16(18(12-17)24(25,26)27)13-33-8-10-34(11-9-33)15(2)35/h4-7,12H,8-11,13H2,1-3H3,(H2,29,30,32,36). The van der Waals surface area contributed by atoms with Crippen LogP contribution in [0.2, 0.25) is 0 Å². The number of aryl methyl sites for hydroxylation is 1. The molecule has 2 aromatic heterocycles. The molecule has 202 valence electrons. The van der Waals surface area contributed by atoms with E-state index in [1.807, 2.05) is 11.2 Å². The summed E-state index contributed by atoms with van der Waals surface area (Å²) in [5, 5.41) is 5.95. The van der Waals surface area contributed by atoms with Crippen molar-refractivity contribution in [2.75, 3.05) is 43.1 Å². The van der Waals surface area contributed by atoms with Gasteiger partial charge in [0.1, 0.15) is 0 Å². The zero-order valence-corrected chi connectivity index (χ0v) is 22.6. The molecule has 1 saturated heterocycles. The van der Waals surface area contributed by atoms with Gasteiger partial charge < -0.3 is 10.2 Å². The van der Waals surface area contributed by atoms with Gasteiger partial charge in [0, 0.05) is 51.5 Å². The number of rotatable bonds is 6. The van der Waals surface area contributed by atoms with E-state index in [4.69, 9.17) is 0 Å². The number of thioether (sulfide) groups is 1. The van der Waals surface area contributed by atoms with E-state index in [1.165, 1.54) is 42.2 Å². The SMILES string of the molecule is CSc1nccc(-c2sc(NC(=O)Nc3ccc(CN4CCN(C(C)=O)CC4)c(C(F)(F)F)c3)nc2C)n1. The highest BCUT2D eigenvalue weighted by molar-refractivity contribution is 7.98. The lowest BCUT2D eigenvalue weighted by atomic mass is 10.0. The molecule has 1 aliphatic rings. The van der Waals surface area contributed by atoms with Gasteiger partial charge in [-0.1, -0.05) is 29.2 Å². The number of nitrogens with zero attached hydrogens (tertiary/aromatic N) is 5. The maximum Gasteiger partial charge on any atom is 0.416 e. The van der Waals surface area contributed by atoms with Crippen molar-refractivity contribution >= 4 is 45.9 Å². The number of carbonyl (C=O) groups excluding carboxylic acids is 2. The summed E-state index contributed by atoms with van der Waals surface area (Å²) >= 11 is 2.61. The molecule has 4 rings (SSSR count). The second-order valence-corrected chi connectivity index (χ2v) is 10.4. The summed E-state index contributed by atoms with van der Waals surface area (Å²) in [6, 6.07) is 4.79. The number of aromatic nitrogens is 3. The number of amides is 3. The molecule has 3 aromatic rings. The third-order valence-corrected chi connectivity index (χ3v) is 7.61. The third-order valence-electron chi connectivity index (χ3n) is 5.95. The Kier molecular flexibility index (Phi) is 8.53. The van der Waals surface area contributed by atoms with Crippen LogP contribution in [-0.2, 0) is 17.5 Å². The predicted molar refractivity (Wildman–Crippen MR) is 141 cm³/mol. The van der Waals surface area contributed by atoms with Gasteiger partial charge in [-0.15, -0.1) is 0 Å². The molecule has 0 radical (unpaired) electrons. The molecule has 14 heteroatoms. The Balaban J connectivity index is 1.44. The number of benzene rings is 1. The summed E-state index contributed by atoms with van der Waals surface area (Å²) in [5.74, 6) is -0.0442. The molecular weight excluding hydrogens is 539 g/mol. The number of carbonyl (C=O) groups is 2. The molecule has 3 heterocycles. The lowest BCUT2D eigenvalue weighted by Gasteiger charge is -2.34. The fraction of sp³-hybridized carbons (Fsp3) is 0.375. The summed E-state index contributed by atoms with van der Waals surface area (Å²) in [7, 11) is 0. The van der Waals surface area contributed by atoms with Crippen molar-refractivity contribution in [3.05, 3.63) is 47.3 Å². The largest absolute Gasteiger partial charge is 0.416 e. The van der Waals surface area contributed by atoms with Crippen LogP contribution in [0.15, 0.2) is 35.6 Å². The number of nitrogens with one attached hydrogen (secondary N) is 2. The molecule has 38 heavy (non-hydrogen) atoms. The molecule has 0 atom stereocenters. The van der Waals surface area contributed by atoms with Crippen LogP contribution in [-0.4, -0.2) is 69.1 Å². The first kappa shape index (κ1) is 27.8. The first-order chi connectivity index (χ1) is 18.0. The number of anilines is 2. The number of hydrogen-bond acceptors (Lipinski definition) is 8. The van der Waals surface area contributed by atoms with Gasteiger partial charge in [0.05, 0.1) is 21.8 Å². The van der Waals surface area contributed by atoms with Crippen molar-refractivity contribution in [3.8, 4) is 10.6 Å². The summed E-state index contributed by atoms with van der Waals surface area (Å²) in [6.45, 7) is 5.28. The Labute approximate surface area is 225 Å². The van der Waals surface area contributed by atoms with Crippen LogP contribution in [0.5, 0.6) is 0 Å². The second-order valence-electron chi connectivity index (χ2n) is 8.59. The average Bonchev–Trinajstić information content (AvgIpc) is 3.24. The first-order valence-electron chi connectivity index (χ1n) is 11.6. The van der Waals surface area contributed by atoms with Gasteiger partial charge in [-0.25, -0.2) is 19.7 Å². The van der Waals surface area contributed by atoms with Crippen molar-refractivity contribution < 1.29 is 22.8 Å². The van der Waals surface area contributed by atoms with E-state index in [0.717, 1.165) is 10.9 Å². The monoisotopic (exact) mass is 565 g/mol. The van der Waals surface area contributed by atoms with Gasteiger partial charge in [-0.3, -0.25) is 15.0 Å². The molecule has 2 N–H and O–H groups in total. The minimum absolute atomic E-state index is 0.00823. The maximum atomic E-state index is 13.9. The van der Waals surface area contributed by atoms with Gasteiger partial charge in [-0.2, -0.15) is 13.2 Å². The van der Waals surface area contributed by atoms with Crippen LogP contribution < -0.4 is 10.6 Å². The zero-order valence-electron chi connectivity index (χ0n) is 20.9. The minimum Gasteiger partial charge on any atom is -0.340 e. The lowest BCUT2D eigenvalue weighted by molar-refractivity contribution is -0.138. The fourth-order valence-corrected chi connectivity index (χ4v) is 5.32. The Morgan fingerprint density at radius 3 is 2.50 bits per heavy atom. The number of alkyl halides is 3. The van der Waals surface area contributed by atoms with Crippen molar-refractivity contribution in [3.63, 3.8) is 0 Å². The summed E-state index contributed by atoms with van der Waals surface area (Å²) in [4.78, 5) is 41.3. The van der Waals surface area contributed by atoms with E-state index >= 15 is 0 Å². The molecule has 1 aromatic carbocycles. The van der Waals surface area contributed by atoms with Gasteiger partial charge in [0.25, 0.3) is 0 Å². The van der Waals surface area contributed by atoms with Crippen LogP contribution in [0.4, 0.5) is 28.8 Å². The molecule has 0 aliphatic carbocycles. The topological polar surface area (TPSA) is 103 Å². The van der Waals surface area contributed by atoms with E-state index in [-0.39, 0.29) is 28.8 Å². The van der Waals surface area contributed by atoms with E-state index < -0.39 is 17.8 Å². The molecular formula is C24H26F3N7O2S2. The second kappa shape index (κ2) is 11.7. The number of urea groups is 1. The third kappa shape index (κ3) is 6.79. The Hall–Kier alpha value is -3.23. The lowest BCUT2D eigenvalue weighted by Crippen LogP contribution is -2.47. The maximum absolute atomic E-state index is 13.9. The van der Waals surface area contributed by atoms with Gasteiger partial charge in [0.2, 0.25) is 5.91 Å². The van der Waals surface area contributed by atoms with Crippen LogP contribution in [0.25, 0.3) is 10.6 Å². The zero-order chi connectivity index (χ0) is 27.4. The highest BCUT2D eigenvalue weighted by atomic mass is 32.2. The van der Waals surface area contributed by atoms with E-state index in [2.05, 4.69) is 25.6 Å². The first-order valence-corrected chi connectivity index (χ1v) is 13.7. The predicted octanol–water partition coefficient (Wildman–Crippen LogP) is 4.96. The van der Waals surface area contributed by atoms with E-state index in [0.29, 0.717) is 42.7 Å². The van der Waals surface area contributed by atoms with Crippen molar-refractivity contribution in [1.82, 2.24) is 24.8 Å². The van der Waals surface area contributed by atoms with Crippen LogP contribution in [0, 0.1) is 6.92 Å². The molecule has 3 amide bonds. The number of hydrogen-bond donors (Lipinski definition) is 2. The molecule has 0 spiro atoms. The Bertz CT molecular complexity index is 1320. The quantitative estimate of drug-likeness (QED) is 0.322. The Morgan fingerprint density at radius 2 is 1.84 bits per heavy atom. The number of halogens is 3. The Morgan fingerprint density at radius 1 is 1.11 bits per heavy atom. The fourth-order valence-electron chi connectivity index (χ4n) is 4.03. The smallest absolute Gasteiger partial charge is 0.340 e. The molecule has 1 fully saturated rings. The van der Waals surface area contributed by atoms with Crippen molar-refractivity contribution in [2.24, 2.45) is 0 Å². The van der Waals surface area contributed by atoms with E-state index in [9.17, 15) is 22.8 Å². The van der Waals surface area contributed by atoms with Crippen molar-refractivity contribution in [2.45, 2.75) is 31.7 Å². The summed E-state index contributed by atoms with van der Waals surface area (Å²) in [5.41, 5.74) is 0.623. The molecule has 1 aliphatic heterocycles. The van der Waals surface area contributed by atoms with Crippen LogP contribution in [0.3, 0.4) is 0 Å². The summed E-state index contributed by atoms with van der Waals surface area (Å²) in [6.07, 6.45) is -1.09. The van der Waals surface area contributed by atoms with Gasteiger partial charge in [-0.05, 0) is 36.9 Å².